The van der Waals surface area contributed by atoms with Crippen LogP contribution >= 0.6 is 31.9 Å². The molecule has 5 heteroatoms. The molecule has 0 saturated heterocycles. The maximum Gasteiger partial charge on any atom is 0.339 e. The van der Waals surface area contributed by atoms with Gasteiger partial charge in [-0.15, -0.1) is 0 Å². The Morgan fingerprint density at radius 2 is 2.05 bits per heavy atom. The minimum absolute atomic E-state index is 0.0382. The van der Waals surface area contributed by atoms with Crippen molar-refractivity contribution < 1.29 is 9.53 Å². The van der Waals surface area contributed by atoms with Crippen molar-refractivity contribution in [2.24, 2.45) is 0 Å². The molecular formula is C15H13Br2NO2. The number of carbonyl (C=O) groups is 1. The summed E-state index contributed by atoms with van der Waals surface area (Å²) in [6, 6.07) is 11.5. The third-order valence-corrected chi connectivity index (χ3v) is 3.75. The Balaban J connectivity index is 2.53. The summed E-state index contributed by atoms with van der Waals surface area (Å²) in [6.45, 7) is 1.93. The first-order valence-corrected chi connectivity index (χ1v) is 7.73. The van der Waals surface area contributed by atoms with Crippen LogP contribution in [0.2, 0.25) is 0 Å². The van der Waals surface area contributed by atoms with E-state index in [4.69, 9.17) is 4.74 Å². The summed E-state index contributed by atoms with van der Waals surface area (Å²) >= 11 is 6.92. The highest BCUT2D eigenvalue weighted by Crippen LogP contribution is 2.28. The van der Waals surface area contributed by atoms with E-state index in [-0.39, 0.29) is 10.8 Å². The van der Waals surface area contributed by atoms with Crippen molar-refractivity contribution in [3.05, 3.63) is 52.1 Å². The summed E-state index contributed by atoms with van der Waals surface area (Å²) in [5, 5.41) is 0. The number of carbonyl (C=O) groups excluding carboxylic acids is 1. The van der Waals surface area contributed by atoms with Gasteiger partial charge in [0.15, 0.2) is 0 Å². The Morgan fingerprint density at radius 3 is 2.65 bits per heavy atom. The third-order valence-electron chi connectivity index (χ3n) is 2.83. The molecule has 2 rings (SSSR count). The quantitative estimate of drug-likeness (QED) is 0.553. The summed E-state index contributed by atoms with van der Waals surface area (Å²) in [6.07, 6.45) is 0. The topological polar surface area (TPSA) is 39.2 Å². The zero-order valence-electron chi connectivity index (χ0n) is 11.1. The Labute approximate surface area is 134 Å². The standard InChI is InChI=1S/C15H13Br2NO2/c1-9(16)14-12(15(19)20-2)6-7-13(18-14)10-4-3-5-11(17)8-10/h3-9H,1-2H3. The van der Waals surface area contributed by atoms with Crippen molar-refractivity contribution in [3.8, 4) is 11.3 Å². The first-order chi connectivity index (χ1) is 9.52. The number of nitrogens with zero attached hydrogens (tertiary/aromatic N) is 1. The van der Waals surface area contributed by atoms with Crippen molar-refractivity contribution in [2.45, 2.75) is 11.8 Å². The molecule has 0 fully saturated rings. The monoisotopic (exact) mass is 397 g/mol. The van der Waals surface area contributed by atoms with Gasteiger partial charge in [-0.05, 0) is 31.2 Å². The summed E-state index contributed by atoms with van der Waals surface area (Å²) in [7, 11) is 1.37. The Bertz CT molecular complexity index is 642. The lowest BCUT2D eigenvalue weighted by molar-refractivity contribution is 0.0599. The summed E-state index contributed by atoms with van der Waals surface area (Å²) in [5.41, 5.74) is 2.97. The van der Waals surface area contributed by atoms with Gasteiger partial charge in [-0.1, -0.05) is 44.0 Å². The van der Waals surface area contributed by atoms with Gasteiger partial charge in [0, 0.05) is 10.0 Å². The molecule has 0 bridgehead atoms. The number of hydrogen-bond acceptors (Lipinski definition) is 3. The van der Waals surface area contributed by atoms with Gasteiger partial charge < -0.3 is 4.74 Å². The molecule has 2 aromatic rings. The van der Waals surface area contributed by atoms with E-state index >= 15 is 0 Å². The maximum atomic E-state index is 11.8. The molecule has 0 aliphatic heterocycles. The first-order valence-electron chi connectivity index (χ1n) is 6.02. The lowest BCUT2D eigenvalue weighted by atomic mass is 10.1. The molecule has 0 aliphatic carbocycles. The lowest BCUT2D eigenvalue weighted by Gasteiger charge is -2.11. The van der Waals surface area contributed by atoms with Gasteiger partial charge in [0.25, 0.3) is 0 Å². The van der Waals surface area contributed by atoms with Crippen molar-refractivity contribution in [3.63, 3.8) is 0 Å². The van der Waals surface area contributed by atoms with E-state index in [2.05, 4.69) is 36.8 Å². The number of rotatable bonds is 3. The zero-order chi connectivity index (χ0) is 14.7. The van der Waals surface area contributed by atoms with Gasteiger partial charge >= 0.3 is 5.97 Å². The number of benzene rings is 1. The molecule has 1 heterocycles. The maximum absolute atomic E-state index is 11.8. The summed E-state index contributed by atoms with van der Waals surface area (Å²) < 4.78 is 5.77. The minimum Gasteiger partial charge on any atom is -0.465 e. The summed E-state index contributed by atoms with van der Waals surface area (Å²) in [5.74, 6) is -0.375. The molecule has 0 radical (unpaired) electrons. The van der Waals surface area contributed by atoms with E-state index in [9.17, 15) is 4.79 Å². The molecule has 0 saturated carbocycles. The van der Waals surface area contributed by atoms with E-state index in [0.717, 1.165) is 15.7 Å². The molecule has 1 atom stereocenters. The number of pyridine rings is 1. The number of esters is 1. The van der Waals surface area contributed by atoms with Crippen LogP contribution in [0.5, 0.6) is 0 Å². The number of alkyl halides is 1. The van der Waals surface area contributed by atoms with Crippen molar-refractivity contribution in [2.75, 3.05) is 7.11 Å². The predicted molar refractivity (Wildman–Crippen MR) is 86.1 cm³/mol. The number of aromatic nitrogens is 1. The first kappa shape index (κ1) is 15.2. The van der Waals surface area contributed by atoms with Gasteiger partial charge in [-0.2, -0.15) is 0 Å². The normalized spacial score (nSPS) is 12.0. The molecule has 1 unspecified atom stereocenters. The van der Waals surface area contributed by atoms with Crippen LogP contribution in [0.3, 0.4) is 0 Å². The van der Waals surface area contributed by atoms with Crippen LogP contribution in [0.25, 0.3) is 11.3 Å². The zero-order valence-corrected chi connectivity index (χ0v) is 14.2. The smallest absolute Gasteiger partial charge is 0.339 e. The highest BCUT2D eigenvalue weighted by molar-refractivity contribution is 9.10. The molecular weight excluding hydrogens is 386 g/mol. The second kappa shape index (κ2) is 6.50. The van der Waals surface area contributed by atoms with Gasteiger partial charge in [0.05, 0.1) is 28.9 Å². The lowest BCUT2D eigenvalue weighted by Crippen LogP contribution is -2.08. The molecule has 0 spiro atoms. The van der Waals surface area contributed by atoms with Crippen LogP contribution in [-0.4, -0.2) is 18.1 Å². The van der Waals surface area contributed by atoms with Crippen molar-refractivity contribution >= 4 is 37.8 Å². The largest absolute Gasteiger partial charge is 0.465 e. The number of methoxy groups -OCH3 is 1. The van der Waals surface area contributed by atoms with Crippen LogP contribution < -0.4 is 0 Å². The second-order valence-corrected chi connectivity index (χ2v) is 6.54. The third kappa shape index (κ3) is 3.27. The van der Waals surface area contributed by atoms with E-state index in [1.165, 1.54) is 7.11 Å². The van der Waals surface area contributed by atoms with E-state index in [1.54, 1.807) is 6.07 Å². The number of halogens is 2. The van der Waals surface area contributed by atoms with Crippen LogP contribution in [0.4, 0.5) is 0 Å². The minimum atomic E-state index is -0.375. The van der Waals surface area contributed by atoms with Gasteiger partial charge in [0.2, 0.25) is 0 Å². The van der Waals surface area contributed by atoms with Crippen LogP contribution in [0, 0.1) is 0 Å². The van der Waals surface area contributed by atoms with Gasteiger partial charge in [0.1, 0.15) is 0 Å². The van der Waals surface area contributed by atoms with Crippen LogP contribution in [0.15, 0.2) is 40.9 Å². The highest BCUT2D eigenvalue weighted by Gasteiger charge is 2.17. The van der Waals surface area contributed by atoms with E-state index in [0.29, 0.717) is 11.3 Å². The van der Waals surface area contributed by atoms with Crippen LogP contribution in [0.1, 0.15) is 27.8 Å². The van der Waals surface area contributed by atoms with Crippen molar-refractivity contribution in [1.29, 1.82) is 0 Å². The molecule has 1 aromatic heterocycles. The van der Waals surface area contributed by atoms with E-state index < -0.39 is 0 Å². The Hall–Kier alpha value is -1.20. The van der Waals surface area contributed by atoms with Gasteiger partial charge in [-0.25, -0.2) is 4.79 Å². The molecule has 0 aliphatic rings. The summed E-state index contributed by atoms with van der Waals surface area (Å²) in [4.78, 5) is 16.3. The molecule has 104 valence electrons. The fourth-order valence-corrected chi connectivity index (χ4v) is 2.62. The molecule has 3 nitrogen and oxygen atoms in total. The average Bonchev–Trinajstić information content (AvgIpc) is 2.45. The SMILES string of the molecule is COC(=O)c1ccc(-c2cccc(Br)c2)nc1C(C)Br. The Kier molecular flexibility index (Phi) is 4.94. The molecule has 0 amide bonds. The number of hydrogen-bond donors (Lipinski definition) is 0. The fraction of sp³-hybridized carbons (Fsp3) is 0.200. The fourth-order valence-electron chi connectivity index (χ4n) is 1.87. The Morgan fingerprint density at radius 1 is 1.30 bits per heavy atom. The molecule has 20 heavy (non-hydrogen) atoms. The van der Waals surface area contributed by atoms with Gasteiger partial charge in [-0.3, -0.25) is 4.98 Å². The predicted octanol–water partition coefficient (Wildman–Crippen LogP) is 4.75. The number of ether oxygens (including phenoxy) is 1. The van der Waals surface area contributed by atoms with Crippen molar-refractivity contribution in [1.82, 2.24) is 4.98 Å². The average molecular weight is 399 g/mol. The molecule has 0 N–H and O–H groups in total. The molecule has 1 aromatic carbocycles. The highest BCUT2D eigenvalue weighted by atomic mass is 79.9. The second-order valence-electron chi connectivity index (χ2n) is 4.25. The van der Waals surface area contributed by atoms with E-state index in [1.807, 2.05) is 37.3 Å². The van der Waals surface area contributed by atoms with Crippen LogP contribution in [-0.2, 0) is 4.74 Å².